The van der Waals surface area contributed by atoms with Gasteiger partial charge in [-0.1, -0.05) is 19.1 Å². The molecule has 3 nitrogen and oxygen atoms in total. The van der Waals surface area contributed by atoms with Crippen LogP contribution in [0.2, 0.25) is 0 Å². The molecule has 0 saturated carbocycles. The van der Waals surface area contributed by atoms with E-state index in [1.165, 1.54) is 6.07 Å². The highest BCUT2D eigenvalue weighted by molar-refractivity contribution is 5.36. The SMILES string of the molecule is CCc1cn2c(n1)NCCC2c1cccc(F)c1. The van der Waals surface area contributed by atoms with Crippen LogP contribution < -0.4 is 5.32 Å². The fourth-order valence-electron chi connectivity index (χ4n) is 2.48. The second-order valence-electron chi connectivity index (χ2n) is 4.60. The van der Waals surface area contributed by atoms with Gasteiger partial charge in [-0.2, -0.15) is 0 Å². The molecule has 1 aliphatic rings. The molecule has 0 saturated heterocycles. The minimum Gasteiger partial charge on any atom is -0.356 e. The molecule has 4 heteroatoms. The van der Waals surface area contributed by atoms with Gasteiger partial charge in [0.1, 0.15) is 5.82 Å². The summed E-state index contributed by atoms with van der Waals surface area (Å²) in [6.07, 6.45) is 3.94. The van der Waals surface area contributed by atoms with Crippen molar-refractivity contribution in [3.8, 4) is 0 Å². The maximum atomic E-state index is 13.3. The lowest BCUT2D eigenvalue weighted by atomic mass is 10.0. The number of aromatic nitrogens is 2. The van der Waals surface area contributed by atoms with Crippen LogP contribution >= 0.6 is 0 Å². The van der Waals surface area contributed by atoms with E-state index in [1.54, 1.807) is 12.1 Å². The van der Waals surface area contributed by atoms with Crippen LogP contribution in [0.3, 0.4) is 0 Å². The van der Waals surface area contributed by atoms with Gasteiger partial charge in [0.2, 0.25) is 5.95 Å². The predicted octanol–water partition coefficient (Wildman–Crippen LogP) is 2.99. The molecule has 0 fully saturated rings. The number of fused-ring (bicyclic) bond motifs is 1. The second-order valence-corrected chi connectivity index (χ2v) is 4.60. The van der Waals surface area contributed by atoms with Crippen LogP contribution in [0.4, 0.5) is 10.3 Å². The lowest BCUT2D eigenvalue weighted by molar-refractivity contribution is 0.524. The van der Waals surface area contributed by atoms with Crippen molar-refractivity contribution in [2.75, 3.05) is 11.9 Å². The molecule has 0 spiro atoms. The maximum absolute atomic E-state index is 13.3. The first kappa shape index (κ1) is 11.3. The largest absolute Gasteiger partial charge is 0.356 e. The average molecular weight is 245 g/mol. The summed E-state index contributed by atoms with van der Waals surface area (Å²) in [7, 11) is 0. The molecule has 1 unspecified atom stereocenters. The normalized spacial score (nSPS) is 18.2. The Labute approximate surface area is 106 Å². The third-order valence-corrected chi connectivity index (χ3v) is 3.41. The standard InChI is InChI=1S/C14H16FN3/c1-2-12-9-18-13(6-7-16-14(18)17-12)10-4-3-5-11(15)8-10/h3-5,8-9,13H,2,6-7H2,1H3,(H,16,17). The van der Waals surface area contributed by atoms with Gasteiger partial charge in [0.25, 0.3) is 0 Å². The number of nitrogens with one attached hydrogen (secondary N) is 1. The fraction of sp³-hybridized carbons (Fsp3) is 0.357. The van der Waals surface area contributed by atoms with Crippen LogP contribution in [-0.4, -0.2) is 16.1 Å². The quantitative estimate of drug-likeness (QED) is 0.881. The smallest absolute Gasteiger partial charge is 0.203 e. The summed E-state index contributed by atoms with van der Waals surface area (Å²) in [4.78, 5) is 4.53. The lowest BCUT2D eigenvalue weighted by Gasteiger charge is -2.26. The monoisotopic (exact) mass is 245 g/mol. The Morgan fingerprint density at radius 2 is 2.39 bits per heavy atom. The van der Waals surface area contributed by atoms with E-state index in [2.05, 4.69) is 28.0 Å². The molecular formula is C14H16FN3. The first-order valence-corrected chi connectivity index (χ1v) is 6.35. The Morgan fingerprint density at radius 3 is 3.17 bits per heavy atom. The van der Waals surface area contributed by atoms with Crippen LogP contribution in [0.1, 0.15) is 30.6 Å². The fourth-order valence-corrected chi connectivity index (χ4v) is 2.48. The molecule has 2 heterocycles. The zero-order valence-corrected chi connectivity index (χ0v) is 10.4. The summed E-state index contributed by atoms with van der Waals surface area (Å²) in [5.41, 5.74) is 2.08. The number of halogens is 1. The van der Waals surface area contributed by atoms with Gasteiger partial charge in [0, 0.05) is 12.7 Å². The molecular weight excluding hydrogens is 229 g/mol. The highest BCUT2D eigenvalue weighted by atomic mass is 19.1. The van der Waals surface area contributed by atoms with Crippen molar-refractivity contribution in [1.29, 1.82) is 0 Å². The molecule has 18 heavy (non-hydrogen) atoms. The van der Waals surface area contributed by atoms with E-state index < -0.39 is 0 Å². The molecule has 1 aliphatic heterocycles. The van der Waals surface area contributed by atoms with Gasteiger partial charge >= 0.3 is 0 Å². The molecule has 2 aromatic rings. The molecule has 0 amide bonds. The molecule has 3 rings (SSSR count). The van der Waals surface area contributed by atoms with E-state index in [0.717, 1.165) is 36.6 Å². The highest BCUT2D eigenvalue weighted by Crippen LogP contribution is 2.30. The number of hydrogen-bond donors (Lipinski definition) is 1. The maximum Gasteiger partial charge on any atom is 0.203 e. The van der Waals surface area contributed by atoms with Gasteiger partial charge in [-0.3, -0.25) is 0 Å². The van der Waals surface area contributed by atoms with Crippen molar-refractivity contribution in [1.82, 2.24) is 9.55 Å². The Morgan fingerprint density at radius 1 is 1.50 bits per heavy atom. The Balaban J connectivity index is 2.02. The Hall–Kier alpha value is -1.84. The van der Waals surface area contributed by atoms with E-state index in [-0.39, 0.29) is 11.9 Å². The van der Waals surface area contributed by atoms with E-state index in [4.69, 9.17) is 0 Å². The second kappa shape index (κ2) is 4.44. The molecule has 0 bridgehead atoms. The van der Waals surface area contributed by atoms with Crippen molar-refractivity contribution in [2.45, 2.75) is 25.8 Å². The number of aryl methyl sites for hydroxylation is 1. The van der Waals surface area contributed by atoms with Gasteiger partial charge in [0.05, 0.1) is 11.7 Å². The summed E-state index contributed by atoms with van der Waals surface area (Å²) in [6, 6.07) is 7.03. The summed E-state index contributed by atoms with van der Waals surface area (Å²) in [5, 5.41) is 3.29. The van der Waals surface area contributed by atoms with Crippen LogP contribution in [-0.2, 0) is 6.42 Å². The van der Waals surface area contributed by atoms with Crippen molar-refractivity contribution in [3.05, 3.63) is 47.5 Å². The van der Waals surface area contributed by atoms with Crippen molar-refractivity contribution < 1.29 is 4.39 Å². The number of benzene rings is 1. The first-order valence-electron chi connectivity index (χ1n) is 6.35. The number of imidazole rings is 1. The highest BCUT2D eigenvalue weighted by Gasteiger charge is 2.22. The van der Waals surface area contributed by atoms with Crippen molar-refractivity contribution in [3.63, 3.8) is 0 Å². The Bertz CT molecular complexity index is 562. The van der Waals surface area contributed by atoms with Gasteiger partial charge < -0.3 is 9.88 Å². The van der Waals surface area contributed by atoms with E-state index in [0.29, 0.717) is 0 Å². The van der Waals surface area contributed by atoms with Gasteiger partial charge in [-0.05, 0) is 30.5 Å². The van der Waals surface area contributed by atoms with Gasteiger partial charge in [-0.25, -0.2) is 9.37 Å². The average Bonchev–Trinajstić information content (AvgIpc) is 2.81. The van der Waals surface area contributed by atoms with Crippen molar-refractivity contribution in [2.24, 2.45) is 0 Å². The lowest BCUT2D eigenvalue weighted by Crippen LogP contribution is -2.23. The van der Waals surface area contributed by atoms with Gasteiger partial charge in [-0.15, -0.1) is 0 Å². The van der Waals surface area contributed by atoms with Crippen LogP contribution in [0.5, 0.6) is 0 Å². The number of nitrogens with zero attached hydrogens (tertiary/aromatic N) is 2. The summed E-state index contributed by atoms with van der Waals surface area (Å²) in [5.74, 6) is 0.718. The zero-order valence-electron chi connectivity index (χ0n) is 10.4. The molecule has 94 valence electrons. The van der Waals surface area contributed by atoms with Gasteiger partial charge in [0.15, 0.2) is 0 Å². The topological polar surface area (TPSA) is 29.9 Å². The van der Waals surface area contributed by atoms with Crippen molar-refractivity contribution >= 4 is 5.95 Å². The molecule has 1 aromatic heterocycles. The third kappa shape index (κ3) is 1.88. The summed E-state index contributed by atoms with van der Waals surface area (Å²) < 4.78 is 15.5. The zero-order chi connectivity index (χ0) is 12.5. The number of hydrogen-bond acceptors (Lipinski definition) is 2. The first-order chi connectivity index (χ1) is 8.78. The van der Waals surface area contributed by atoms with Crippen LogP contribution in [0.15, 0.2) is 30.5 Å². The Kier molecular flexibility index (Phi) is 2.78. The minimum atomic E-state index is -0.177. The van der Waals surface area contributed by atoms with Crippen LogP contribution in [0, 0.1) is 5.82 Å². The third-order valence-electron chi connectivity index (χ3n) is 3.41. The van der Waals surface area contributed by atoms with E-state index >= 15 is 0 Å². The number of rotatable bonds is 2. The minimum absolute atomic E-state index is 0.177. The number of anilines is 1. The molecule has 0 aliphatic carbocycles. The molecule has 0 radical (unpaired) electrons. The summed E-state index contributed by atoms with van der Waals surface area (Å²) >= 11 is 0. The van der Waals surface area contributed by atoms with E-state index in [1.807, 2.05) is 6.07 Å². The molecule has 1 N–H and O–H groups in total. The summed E-state index contributed by atoms with van der Waals surface area (Å²) in [6.45, 7) is 2.97. The molecule has 1 atom stereocenters. The van der Waals surface area contributed by atoms with Crippen LogP contribution in [0.25, 0.3) is 0 Å². The van der Waals surface area contributed by atoms with E-state index in [9.17, 15) is 4.39 Å². The molecule has 1 aromatic carbocycles. The predicted molar refractivity (Wildman–Crippen MR) is 69.3 cm³/mol.